The van der Waals surface area contributed by atoms with E-state index in [4.69, 9.17) is 16.3 Å². The fraction of sp³-hybridized carbons (Fsp3) is 0.143. The molecule has 2 heterocycles. The Bertz CT molecular complexity index is 710. The predicted octanol–water partition coefficient (Wildman–Crippen LogP) is 3.14. The molecule has 1 aromatic heterocycles. The lowest BCUT2D eigenvalue weighted by atomic mass is 10.1. The molecule has 1 aromatic carbocycles. The number of hydrogen-bond acceptors (Lipinski definition) is 4. The van der Waals surface area contributed by atoms with E-state index in [1.807, 2.05) is 6.07 Å². The fourth-order valence-electron chi connectivity index (χ4n) is 2.16. The van der Waals surface area contributed by atoms with Crippen LogP contribution < -0.4 is 9.64 Å². The summed E-state index contributed by atoms with van der Waals surface area (Å²) in [4.78, 5) is 26.5. The number of carbonyl (C=O) groups excluding carboxylic acids is 2. The molecule has 6 heteroatoms. The Balaban J connectivity index is 1.98. The second-order valence-corrected chi connectivity index (χ2v) is 6.11. The zero-order chi connectivity index (χ0) is 14.3. The summed E-state index contributed by atoms with van der Waals surface area (Å²) in [7, 11) is 1.52. The van der Waals surface area contributed by atoms with Gasteiger partial charge >= 0.3 is 0 Å². The van der Waals surface area contributed by atoms with Crippen molar-refractivity contribution in [2.24, 2.45) is 0 Å². The number of amides is 1. The summed E-state index contributed by atoms with van der Waals surface area (Å²) in [5.41, 5.74) is 1.00. The number of halogens is 1. The smallest absolute Gasteiger partial charge is 0.299 e. The normalized spacial score (nSPS) is 13.8. The maximum absolute atomic E-state index is 12.1. The van der Waals surface area contributed by atoms with E-state index < -0.39 is 11.7 Å². The third kappa shape index (κ3) is 2.09. The van der Waals surface area contributed by atoms with Crippen LogP contribution in [-0.2, 0) is 11.3 Å². The van der Waals surface area contributed by atoms with Gasteiger partial charge in [0.15, 0.2) is 0 Å². The van der Waals surface area contributed by atoms with Crippen LogP contribution in [0.2, 0.25) is 4.34 Å². The number of hydrogen-bond donors (Lipinski definition) is 0. The number of Topliss-reactive ketones (excluding diaryl/α,β-unsaturated/α-hetero) is 1. The van der Waals surface area contributed by atoms with Gasteiger partial charge in [0.2, 0.25) is 0 Å². The average Bonchev–Trinajstić information content (AvgIpc) is 2.96. The molecule has 0 bridgehead atoms. The lowest BCUT2D eigenvalue weighted by molar-refractivity contribution is -0.114. The van der Waals surface area contributed by atoms with Crippen molar-refractivity contribution in [3.05, 3.63) is 45.1 Å². The number of fused-ring (bicyclic) bond motifs is 1. The van der Waals surface area contributed by atoms with Gasteiger partial charge in [0.25, 0.3) is 11.7 Å². The SMILES string of the molecule is COc1ccc2c(c1)C(=O)C(=O)N2Cc1ccc(Cl)s1. The van der Waals surface area contributed by atoms with Crippen LogP contribution in [0.5, 0.6) is 5.75 Å². The Morgan fingerprint density at radius 2 is 2.05 bits per heavy atom. The molecule has 0 aliphatic carbocycles. The zero-order valence-electron chi connectivity index (χ0n) is 10.6. The summed E-state index contributed by atoms with van der Waals surface area (Å²) in [5.74, 6) is -0.453. The second kappa shape index (κ2) is 4.92. The number of carbonyl (C=O) groups is 2. The minimum atomic E-state index is -0.516. The summed E-state index contributed by atoms with van der Waals surface area (Å²) in [5, 5.41) is 0. The van der Waals surface area contributed by atoms with Gasteiger partial charge < -0.3 is 4.74 Å². The molecule has 0 unspecified atom stereocenters. The van der Waals surface area contributed by atoms with Crippen LogP contribution in [0.25, 0.3) is 0 Å². The van der Waals surface area contributed by atoms with Crippen molar-refractivity contribution in [1.82, 2.24) is 0 Å². The maximum atomic E-state index is 12.1. The molecule has 3 rings (SSSR count). The number of ether oxygens (including phenoxy) is 1. The second-order valence-electron chi connectivity index (χ2n) is 4.31. The third-order valence-electron chi connectivity index (χ3n) is 3.12. The molecular formula is C14H10ClNO3S. The number of rotatable bonds is 3. The van der Waals surface area contributed by atoms with Crippen molar-refractivity contribution in [3.63, 3.8) is 0 Å². The first-order valence-corrected chi connectivity index (χ1v) is 7.08. The van der Waals surface area contributed by atoms with Gasteiger partial charge in [0, 0.05) is 4.88 Å². The lowest BCUT2D eigenvalue weighted by Gasteiger charge is -2.15. The van der Waals surface area contributed by atoms with Gasteiger partial charge in [-0.1, -0.05) is 11.6 Å². The van der Waals surface area contributed by atoms with Crippen LogP contribution in [-0.4, -0.2) is 18.8 Å². The van der Waals surface area contributed by atoms with Crippen LogP contribution >= 0.6 is 22.9 Å². The first-order valence-electron chi connectivity index (χ1n) is 5.88. The fourth-order valence-corrected chi connectivity index (χ4v) is 3.23. The molecule has 1 amide bonds. The van der Waals surface area contributed by atoms with Gasteiger partial charge in [-0.05, 0) is 30.3 Å². The average molecular weight is 308 g/mol. The molecule has 0 radical (unpaired) electrons. The van der Waals surface area contributed by atoms with Crippen molar-refractivity contribution < 1.29 is 14.3 Å². The van der Waals surface area contributed by atoms with E-state index in [-0.39, 0.29) is 0 Å². The molecule has 0 N–H and O–H groups in total. The van der Waals surface area contributed by atoms with Gasteiger partial charge in [-0.15, -0.1) is 11.3 Å². The van der Waals surface area contributed by atoms with Crippen molar-refractivity contribution >= 4 is 40.3 Å². The van der Waals surface area contributed by atoms with E-state index in [0.717, 1.165) is 4.88 Å². The number of anilines is 1. The van der Waals surface area contributed by atoms with Crippen molar-refractivity contribution in [3.8, 4) is 5.75 Å². The van der Waals surface area contributed by atoms with E-state index in [1.165, 1.54) is 23.3 Å². The van der Waals surface area contributed by atoms with E-state index in [9.17, 15) is 9.59 Å². The highest BCUT2D eigenvalue weighted by molar-refractivity contribution is 7.16. The minimum absolute atomic E-state index is 0.349. The summed E-state index contributed by atoms with van der Waals surface area (Å²) in [6.45, 7) is 0.349. The van der Waals surface area contributed by atoms with Crippen molar-refractivity contribution in [1.29, 1.82) is 0 Å². The van der Waals surface area contributed by atoms with Crippen LogP contribution in [0.1, 0.15) is 15.2 Å². The Hall–Kier alpha value is -1.85. The van der Waals surface area contributed by atoms with Crippen molar-refractivity contribution in [2.75, 3.05) is 12.0 Å². The maximum Gasteiger partial charge on any atom is 0.299 e. The first kappa shape index (κ1) is 13.1. The van der Waals surface area contributed by atoms with Gasteiger partial charge in [-0.2, -0.15) is 0 Å². The number of benzene rings is 1. The highest BCUT2D eigenvalue weighted by Crippen LogP contribution is 2.34. The highest BCUT2D eigenvalue weighted by Gasteiger charge is 2.36. The summed E-state index contributed by atoms with van der Waals surface area (Å²) in [6.07, 6.45) is 0. The molecule has 0 atom stereocenters. The van der Waals surface area contributed by atoms with Gasteiger partial charge in [-0.3, -0.25) is 14.5 Å². The molecule has 1 aliphatic heterocycles. The van der Waals surface area contributed by atoms with E-state index in [2.05, 4.69) is 0 Å². The monoisotopic (exact) mass is 307 g/mol. The molecule has 20 heavy (non-hydrogen) atoms. The van der Waals surface area contributed by atoms with E-state index >= 15 is 0 Å². The predicted molar refractivity (Wildman–Crippen MR) is 77.8 cm³/mol. The zero-order valence-corrected chi connectivity index (χ0v) is 12.1. The van der Waals surface area contributed by atoms with Crippen molar-refractivity contribution in [2.45, 2.75) is 6.54 Å². The molecule has 1 aliphatic rings. The van der Waals surface area contributed by atoms with E-state index in [1.54, 1.807) is 24.3 Å². The highest BCUT2D eigenvalue weighted by atomic mass is 35.5. The lowest BCUT2D eigenvalue weighted by Crippen LogP contribution is -2.28. The Kier molecular flexibility index (Phi) is 3.23. The Morgan fingerprint density at radius 3 is 2.70 bits per heavy atom. The summed E-state index contributed by atoms with van der Waals surface area (Å²) < 4.78 is 5.74. The number of ketones is 1. The molecule has 0 saturated carbocycles. The van der Waals surface area contributed by atoms with Gasteiger partial charge in [0.1, 0.15) is 5.75 Å². The largest absolute Gasteiger partial charge is 0.497 e. The van der Waals surface area contributed by atoms with Crippen LogP contribution in [0.15, 0.2) is 30.3 Å². The Morgan fingerprint density at radius 1 is 1.25 bits per heavy atom. The van der Waals surface area contributed by atoms with Crippen LogP contribution in [0, 0.1) is 0 Å². The molecule has 0 fully saturated rings. The van der Waals surface area contributed by atoms with Crippen LogP contribution in [0.3, 0.4) is 0 Å². The standard InChI is InChI=1S/C14H10ClNO3S/c1-19-8-2-4-11-10(6-8)13(17)14(18)16(11)7-9-3-5-12(15)20-9/h2-6H,7H2,1H3. The summed E-state index contributed by atoms with van der Waals surface area (Å²) >= 11 is 7.28. The molecule has 0 saturated heterocycles. The Labute approximate surface area is 124 Å². The van der Waals surface area contributed by atoms with Gasteiger partial charge in [0.05, 0.1) is 29.2 Å². The van der Waals surface area contributed by atoms with E-state index in [0.29, 0.717) is 27.9 Å². The van der Waals surface area contributed by atoms with Gasteiger partial charge in [-0.25, -0.2) is 0 Å². The number of nitrogens with zero attached hydrogens (tertiary/aromatic N) is 1. The molecule has 102 valence electrons. The van der Waals surface area contributed by atoms with Crippen LogP contribution in [0.4, 0.5) is 5.69 Å². The molecule has 2 aromatic rings. The molecule has 0 spiro atoms. The number of methoxy groups -OCH3 is 1. The first-order chi connectivity index (χ1) is 9.60. The quantitative estimate of drug-likeness (QED) is 0.818. The third-order valence-corrected chi connectivity index (χ3v) is 4.34. The molecule has 4 nitrogen and oxygen atoms in total. The minimum Gasteiger partial charge on any atom is -0.497 e. The summed E-state index contributed by atoms with van der Waals surface area (Å²) in [6, 6.07) is 8.69. The topological polar surface area (TPSA) is 46.6 Å². The number of thiophene rings is 1. The molecular weight excluding hydrogens is 298 g/mol.